The molecule has 5 rings (SSSR count). The van der Waals surface area contributed by atoms with Crippen molar-refractivity contribution >= 4 is 17.7 Å². The number of hydrogen-bond donors (Lipinski definition) is 1. The smallest absolute Gasteiger partial charge is 0.152 e. The molecule has 0 atom stereocenters. The van der Waals surface area contributed by atoms with E-state index in [1.807, 2.05) is 24.3 Å². The second kappa shape index (κ2) is 5.27. The fourth-order valence-electron chi connectivity index (χ4n) is 3.81. The van der Waals surface area contributed by atoms with Crippen molar-refractivity contribution in [3.63, 3.8) is 0 Å². The van der Waals surface area contributed by atoms with Crippen molar-refractivity contribution in [2.24, 2.45) is 10.2 Å². The Morgan fingerprint density at radius 1 is 1.17 bits per heavy atom. The lowest BCUT2D eigenvalue weighted by Crippen LogP contribution is -2.38. The van der Waals surface area contributed by atoms with Crippen LogP contribution in [0.25, 0.3) is 17.0 Å². The van der Waals surface area contributed by atoms with Crippen molar-refractivity contribution < 1.29 is 9.13 Å². The third-order valence-corrected chi connectivity index (χ3v) is 5.04. The summed E-state index contributed by atoms with van der Waals surface area (Å²) in [4.78, 5) is 0. The standard InChI is InChI=1S/C18H17FN4O/c19-15-9-20-21-18-13(15)2-1-11-10-23(12-5-7-24-8-6-12)22-16-4-3-14(18)17(11)16/h1-4,9,12,21H,5-8,10H2. The van der Waals surface area contributed by atoms with Crippen molar-refractivity contribution in [2.75, 3.05) is 18.6 Å². The summed E-state index contributed by atoms with van der Waals surface area (Å²) < 4.78 is 19.6. The van der Waals surface area contributed by atoms with Crippen LogP contribution in [0.15, 0.2) is 34.5 Å². The molecule has 0 unspecified atom stereocenters. The lowest BCUT2D eigenvalue weighted by atomic mass is 10.0. The quantitative estimate of drug-likeness (QED) is 0.870. The average Bonchev–Trinajstić information content (AvgIpc) is 2.97. The Labute approximate surface area is 138 Å². The van der Waals surface area contributed by atoms with Crippen LogP contribution in [0.5, 0.6) is 0 Å². The number of anilines is 1. The van der Waals surface area contributed by atoms with Gasteiger partial charge in [-0.3, -0.25) is 10.4 Å². The third-order valence-electron chi connectivity index (χ3n) is 5.04. The topological polar surface area (TPSA) is 49.2 Å². The van der Waals surface area contributed by atoms with E-state index in [2.05, 4.69) is 15.5 Å². The van der Waals surface area contributed by atoms with Gasteiger partial charge in [0.15, 0.2) is 5.83 Å². The number of hydrogen-bond acceptors (Lipinski definition) is 5. The Bertz CT molecular complexity index is 933. The molecule has 122 valence electrons. The zero-order valence-corrected chi connectivity index (χ0v) is 13.1. The first-order valence-electron chi connectivity index (χ1n) is 8.28. The van der Waals surface area contributed by atoms with E-state index in [4.69, 9.17) is 9.84 Å². The summed E-state index contributed by atoms with van der Waals surface area (Å²) in [6.07, 6.45) is 3.21. The maximum absolute atomic E-state index is 14.2. The van der Waals surface area contributed by atoms with Crippen LogP contribution < -0.4 is 16.0 Å². The van der Waals surface area contributed by atoms with Crippen LogP contribution in [0.1, 0.15) is 18.4 Å². The van der Waals surface area contributed by atoms with Gasteiger partial charge < -0.3 is 4.74 Å². The predicted octanol–water partition coefficient (Wildman–Crippen LogP) is 1.81. The van der Waals surface area contributed by atoms with Crippen molar-refractivity contribution in [3.05, 3.63) is 40.4 Å². The molecular formula is C18H17FN4O. The molecular weight excluding hydrogens is 307 g/mol. The second-order valence-corrected chi connectivity index (χ2v) is 6.41. The summed E-state index contributed by atoms with van der Waals surface area (Å²) in [6, 6.07) is 8.28. The van der Waals surface area contributed by atoms with Gasteiger partial charge in [-0.25, -0.2) is 4.39 Å². The molecule has 0 bridgehead atoms. The summed E-state index contributed by atoms with van der Waals surface area (Å²) in [7, 11) is 0. The highest BCUT2D eigenvalue weighted by Gasteiger charge is 2.27. The summed E-state index contributed by atoms with van der Waals surface area (Å²) in [5.74, 6) is -0.313. The van der Waals surface area contributed by atoms with Gasteiger partial charge in [-0.1, -0.05) is 6.07 Å². The van der Waals surface area contributed by atoms with Gasteiger partial charge in [0.1, 0.15) is 0 Å². The molecule has 3 heterocycles. The Morgan fingerprint density at radius 3 is 2.92 bits per heavy atom. The lowest BCUT2D eigenvalue weighted by Gasteiger charge is -2.34. The first kappa shape index (κ1) is 13.9. The Hall–Kier alpha value is -2.47. The van der Waals surface area contributed by atoms with E-state index in [1.54, 1.807) is 0 Å². The SMILES string of the molecule is FC1=c2ccc3c4c(ccc-4c2NN=C1)=NN(C1CCOCC1)C3. The normalized spacial score (nSPS) is 19.9. The zero-order chi connectivity index (χ0) is 16.1. The monoisotopic (exact) mass is 324 g/mol. The number of fused-ring (bicyclic) bond motifs is 2. The van der Waals surface area contributed by atoms with Crippen LogP contribution in [0, 0.1) is 0 Å². The first-order chi connectivity index (χ1) is 11.8. The molecule has 0 saturated carbocycles. The second-order valence-electron chi connectivity index (χ2n) is 6.41. The molecule has 0 aromatic rings. The maximum atomic E-state index is 14.2. The molecule has 3 aliphatic heterocycles. The molecule has 2 aliphatic carbocycles. The molecule has 1 fully saturated rings. The highest BCUT2D eigenvalue weighted by atomic mass is 19.1. The first-order valence-corrected chi connectivity index (χ1v) is 8.28. The van der Waals surface area contributed by atoms with E-state index in [0.29, 0.717) is 11.3 Å². The fourth-order valence-corrected chi connectivity index (χ4v) is 3.81. The van der Waals surface area contributed by atoms with E-state index in [1.165, 1.54) is 11.8 Å². The van der Waals surface area contributed by atoms with Crippen LogP contribution in [0.3, 0.4) is 0 Å². The van der Waals surface area contributed by atoms with Crippen LogP contribution in [0.4, 0.5) is 10.1 Å². The molecule has 0 amide bonds. The van der Waals surface area contributed by atoms with Gasteiger partial charge in [-0.2, -0.15) is 10.2 Å². The molecule has 6 heteroatoms. The Balaban J connectivity index is 1.68. The minimum atomic E-state index is -0.313. The van der Waals surface area contributed by atoms with Gasteiger partial charge >= 0.3 is 0 Å². The molecule has 5 aliphatic rings. The van der Waals surface area contributed by atoms with Gasteiger partial charge in [0.25, 0.3) is 0 Å². The molecule has 0 aromatic carbocycles. The minimum absolute atomic E-state index is 0.313. The Kier molecular flexibility index (Phi) is 3.06. The molecule has 0 radical (unpaired) electrons. The summed E-state index contributed by atoms with van der Waals surface area (Å²) in [5, 5.41) is 12.4. The number of ether oxygens (including phenoxy) is 1. The van der Waals surface area contributed by atoms with Gasteiger partial charge in [-0.15, -0.1) is 0 Å². The number of halogens is 1. The predicted molar refractivity (Wildman–Crippen MR) is 89.9 cm³/mol. The summed E-state index contributed by atoms with van der Waals surface area (Å²) in [5.41, 5.74) is 6.92. The number of nitrogens with one attached hydrogen (secondary N) is 1. The van der Waals surface area contributed by atoms with Crippen molar-refractivity contribution in [1.82, 2.24) is 5.01 Å². The van der Waals surface area contributed by atoms with Crippen LogP contribution >= 0.6 is 0 Å². The van der Waals surface area contributed by atoms with E-state index in [-0.39, 0.29) is 5.83 Å². The zero-order valence-electron chi connectivity index (χ0n) is 13.1. The van der Waals surface area contributed by atoms with Gasteiger partial charge in [0, 0.05) is 29.6 Å². The average molecular weight is 324 g/mol. The fraction of sp³-hybridized carbons (Fsp3) is 0.333. The summed E-state index contributed by atoms with van der Waals surface area (Å²) in [6.45, 7) is 2.32. The minimum Gasteiger partial charge on any atom is -0.381 e. The molecule has 5 nitrogen and oxygen atoms in total. The van der Waals surface area contributed by atoms with Crippen LogP contribution in [-0.4, -0.2) is 30.5 Å². The van der Waals surface area contributed by atoms with E-state index in [9.17, 15) is 4.39 Å². The molecule has 0 aromatic heterocycles. The Morgan fingerprint density at radius 2 is 2.04 bits per heavy atom. The highest BCUT2D eigenvalue weighted by molar-refractivity contribution is 6.02. The third kappa shape index (κ3) is 2.03. The molecule has 1 saturated heterocycles. The van der Waals surface area contributed by atoms with Gasteiger partial charge in [0.2, 0.25) is 0 Å². The summed E-state index contributed by atoms with van der Waals surface area (Å²) >= 11 is 0. The van der Waals surface area contributed by atoms with Gasteiger partial charge in [0.05, 0.1) is 29.8 Å². The molecule has 1 N–H and O–H groups in total. The van der Waals surface area contributed by atoms with Gasteiger partial charge in [-0.05, 0) is 36.6 Å². The van der Waals surface area contributed by atoms with E-state index in [0.717, 1.165) is 54.8 Å². The number of rotatable bonds is 1. The van der Waals surface area contributed by atoms with E-state index < -0.39 is 0 Å². The van der Waals surface area contributed by atoms with E-state index >= 15 is 0 Å². The van der Waals surface area contributed by atoms with Crippen LogP contribution in [-0.2, 0) is 11.3 Å². The van der Waals surface area contributed by atoms with Crippen molar-refractivity contribution in [2.45, 2.75) is 25.4 Å². The molecule has 0 spiro atoms. The van der Waals surface area contributed by atoms with Crippen molar-refractivity contribution in [1.29, 1.82) is 0 Å². The van der Waals surface area contributed by atoms with Crippen LogP contribution in [0.2, 0.25) is 0 Å². The molecule has 24 heavy (non-hydrogen) atoms. The number of nitrogens with zero attached hydrogens (tertiary/aromatic N) is 3. The maximum Gasteiger partial charge on any atom is 0.152 e. The van der Waals surface area contributed by atoms with Crippen molar-refractivity contribution in [3.8, 4) is 11.1 Å². The lowest BCUT2D eigenvalue weighted by molar-refractivity contribution is 0.0293. The highest BCUT2D eigenvalue weighted by Crippen LogP contribution is 2.32. The largest absolute Gasteiger partial charge is 0.381 e. The number of hydrazone groups is 1.